The summed E-state index contributed by atoms with van der Waals surface area (Å²) in [6, 6.07) is 2.35. The second-order valence-electron chi connectivity index (χ2n) is 6.32. The molecule has 1 saturated heterocycles. The van der Waals surface area contributed by atoms with Crippen molar-refractivity contribution in [1.29, 1.82) is 0 Å². The maximum atomic E-state index is 12.4. The first-order valence-corrected chi connectivity index (χ1v) is 8.14. The van der Waals surface area contributed by atoms with E-state index in [-0.39, 0.29) is 11.7 Å². The molecule has 2 atom stereocenters. The van der Waals surface area contributed by atoms with Crippen molar-refractivity contribution in [1.82, 2.24) is 19.3 Å². The Morgan fingerprint density at radius 2 is 2.22 bits per heavy atom. The number of aryl methyl sites for hydroxylation is 1. The number of hydrogen-bond acceptors (Lipinski definition) is 5. The number of anilines is 1. The van der Waals surface area contributed by atoms with Crippen LogP contribution in [0.2, 0.25) is 0 Å². The molecule has 0 radical (unpaired) electrons. The van der Waals surface area contributed by atoms with E-state index in [2.05, 4.69) is 15.4 Å². The van der Waals surface area contributed by atoms with Crippen LogP contribution in [0.5, 0.6) is 0 Å². The van der Waals surface area contributed by atoms with Crippen LogP contribution < -0.4 is 10.9 Å². The Kier molecular flexibility index (Phi) is 3.65. The quantitative estimate of drug-likeness (QED) is 0.905. The Morgan fingerprint density at radius 3 is 2.96 bits per heavy atom. The molecule has 2 fully saturated rings. The minimum Gasteiger partial charge on any atom is -0.372 e. The molecule has 0 spiro atoms. The van der Waals surface area contributed by atoms with Crippen molar-refractivity contribution in [3.8, 4) is 0 Å². The van der Waals surface area contributed by atoms with E-state index in [0.29, 0.717) is 24.3 Å². The second-order valence-corrected chi connectivity index (χ2v) is 6.32. The minimum atomic E-state index is -0.0222. The van der Waals surface area contributed by atoms with Crippen LogP contribution in [0.4, 0.5) is 5.82 Å². The number of rotatable bonds is 5. The normalized spacial score (nSPS) is 24.0. The van der Waals surface area contributed by atoms with Crippen LogP contribution in [0, 0.1) is 5.92 Å². The Bertz CT molecular complexity index is 749. The summed E-state index contributed by atoms with van der Waals surface area (Å²) >= 11 is 0. The molecule has 3 heterocycles. The van der Waals surface area contributed by atoms with E-state index in [4.69, 9.17) is 4.74 Å². The van der Waals surface area contributed by atoms with E-state index in [1.54, 1.807) is 23.2 Å². The van der Waals surface area contributed by atoms with Crippen molar-refractivity contribution >= 4 is 5.82 Å². The van der Waals surface area contributed by atoms with Crippen molar-refractivity contribution in [3.63, 3.8) is 0 Å². The van der Waals surface area contributed by atoms with Gasteiger partial charge in [0.15, 0.2) is 5.82 Å². The first kappa shape index (κ1) is 14.4. The van der Waals surface area contributed by atoms with Gasteiger partial charge in [-0.1, -0.05) is 0 Å². The van der Waals surface area contributed by atoms with Gasteiger partial charge in [-0.3, -0.25) is 9.48 Å². The van der Waals surface area contributed by atoms with Gasteiger partial charge in [0.05, 0.1) is 5.69 Å². The van der Waals surface area contributed by atoms with Gasteiger partial charge in [0.2, 0.25) is 0 Å². The summed E-state index contributed by atoms with van der Waals surface area (Å²) in [5, 5.41) is 7.45. The predicted molar refractivity (Wildman–Crippen MR) is 85.3 cm³/mol. The Balaban J connectivity index is 1.47. The van der Waals surface area contributed by atoms with E-state index >= 15 is 0 Å². The third kappa shape index (κ3) is 2.76. The Hall–Kier alpha value is -2.15. The summed E-state index contributed by atoms with van der Waals surface area (Å²) in [6.07, 6.45) is 8.42. The average Bonchev–Trinajstić information content (AvgIpc) is 3.14. The van der Waals surface area contributed by atoms with Gasteiger partial charge in [-0.15, -0.1) is 0 Å². The van der Waals surface area contributed by atoms with E-state index in [1.165, 1.54) is 0 Å². The van der Waals surface area contributed by atoms with E-state index in [1.807, 2.05) is 17.8 Å². The van der Waals surface area contributed by atoms with Crippen LogP contribution in [0.3, 0.4) is 0 Å². The molecule has 1 saturated carbocycles. The lowest BCUT2D eigenvalue weighted by Gasteiger charge is -2.19. The van der Waals surface area contributed by atoms with Crippen molar-refractivity contribution < 1.29 is 4.74 Å². The van der Waals surface area contributed by atoms with Gasteiger partial charge in [0, 0.05) is 50.7 Å². The van der Waals surface area contributed by atoms with Crippen LogP contribution in [-0.4, -0.2) is 32.5 Å². The fourth-order valence-electron chi connectivity index (χ4n) is 3.25. The lowest BCUT2D eigenvalue weighted by atomic mass is 9.99. The first-order valence-electron chi connectivity index (χ1n) is 8.14. The SMILES string of the molecule is Cn1nccc1[C@@H]1OCC[C@H]1CNc1nccn(C2CC2)c1=O. The zero-order valence-corrected chi connectivity index (χ0v) is 13.2. The topological polar surface area (TPSA) is 74.0 Å². The summed E-state index contributed by atoms with van der Waals surface area (Å²) in [5.74, 6) is 0.747. The van der Waals surface area contributed by atoms with Crippen molar-refractivity contribution in [2.75, 3.05) is 18.5 Å². The Morgan fingerprint density at radius 1 is 1.35 bits per heavy atom. The fraction of sp³-hybridized carbons (Fsp3) is 0.562. The molecule has 2 aromatic rings. The minimum absolute atomic E-state index is 0.0179. The van der Waals surface area contributed by atoms with Crippen molar-refractivity contribution in [3.05, 3.63) is 40.7 Å². The van der Waals surface area contributed by atoms with Crippen LogP contribution in [-0.2, 0) is 11.8 Å². The molecular weight excluding hydrogens is 294 g/mol. The van der Waals surface area contributed by atoms with Crippen LogP contribution in [0.1, 0.15) is 37.1 Å². The van der Waals surface area contributed by atoms with E-state index in [9.17, 15) is 4.79 Å². The van der Waals surface area contributed by atoms with E-state index in [0.717, 1.165) is 31.6 Å². The van der Waals surface area contributed by atoms with Gasteiger partial charge in [0.25, 0.3) is 5.56 Å². The molecule has 1 aliphatic heterocycles. The molecule has 23 heavy (non-hydrogen) atoms. The number of nitrogens with zero attached hydrogens (tertiary/aromatic N) is 4. The Labute approximate surface area is 134 Å². The standard InChI is InChI=1S/C16H21N5O2/c1-20-13(4-6-19-20)14-11(5-9-23-14)10-18-15-16(22)21(8-7-17-15)12-2-3-12/h4,6-8,11-12,14H,2-3,5,9-10H2,1H3,(H,17,18)/t11-,14+/m0/s1. The van der Waals surface area contributed by atoms with Gasteiger partial charge in [-0.05, 0) is 25.3 Å². The summed E-state index contributed by atoms with van der Waals surface area (Å²) in [7, 11) is 1.93. The molecule has 7 heteroatoms. The zero-order valence-electron chi connectivity index (χ0n) is 13.2. The molecule has 0 amide bonds. The summed E-state index contributed by atoms with van der Waals surface area (Å²) in [5.41, 5.74) is 1.05. The van der Waals surface area contributed by atoms with Crippen LogP contribution in [0.25, 0.3) is 0 Å². The zero-order chi connectivity index (χ0) is 15.8. The summed E-state index contributed by atoms with van der Waals surface area (Å²) < 4.78 is 9.52. The maximum absolute atomic E-state index is 12.4. The van der Waals surface area contributed by atoms with Gasteiger partial charge in [0.1, 0.15) is 6.10 Å². The third-order valence-electron chi connectivity index (χ3n) is 4.70. The van der Waals surface area contributed by atoms with Crippen molar-refractivity contribution in [2.45, 2.75) is 31.4 Å². The molecule has 4 rings (SSSR count). The second kappa shape index (κ2) is 5.81. The lowest BCUT2D eigenvalue weighted by molar-refractivity contribution is 0.0866. The smallest absolute Gasteiger partial charge is 0.293 e. The number of ether oxygens (including phenoxy) is 1. The molecule has 1 aliphatic carbocycles. The van der Waals surface area contributed by atoms with Gasteiger partial charge >= 0.3 is 0 Å². The highest BCUT2D eigenvalue weighted by atomic mass is 16.5. The fourth-order valence-corrected chi connectivity index (χ4v) is 3.25. The molecule has 7 nitrogen and oxygen atoms in total. The lowest BCUT2D eigenvalue weighted by Crippen LogP contribution is -2.27. The molecule has 1 N–H and O–H groups in total. The molecule has 2 aliphatic rings. The predicted octanol–water partition coefficient (Wildman–Crippen LogP) is 1.50. The summed E-state index contributed by atoms with van der Waals surface area (Å²) in [6.45, 7) is 1.41. The molecule has 0 aromatic carbocycles. The van der Waals surface area contributed by atoms with Crippen molar-refractivity contribution in [2.24, 2.45) is 13.0 Å². The van der Waals surface area contributed by atoms with Gasteiger partial charge < -0.3 is 14.6 Å². The number of nitrogens with one attached hydrogen (secondary N) is 1. The summed E-state index contributed by atoms with van der Waals surface area (Å²) in [4.78, 5) is 16.6. The van der Waals surface area contributed by atoms with Crippen LogP contribution in [0.15, 0.2) is 29.5 Å². The highest BCUT2D eigenvalue weighted by Gasteiger charge is 2.32. The van der Waals surface area contributed by atoms with E-state index < -0.39 is 0 Å². The van der Waals surface area contributed by atoms with Gasteiger partial charge in [-0.2, -0.15) is 5.10 Å². The molecule has 122 valence electrons. The third-order valence-corrected chi connectivity index (χ3v) is 4.70. The maximum Gasteiger partial charge on any atom is 0.293 e. The van der Waals surface area contributed by atoms with Gasteiger partial charge in [-0.25, -0.2) is 4.98 Å². The number of hydrogen-bond donors (Lipinski definition) is 1. The number of aromatic nitrogens is 4. The highest BCUT2D eigenvalue weighted by Crippen LogP contribution is 2.34. The molecular formula is C16H21N5O2. The van der Waals surface area contributed by atoms with Crippen LogP contribution >= 0.6 is 0 Å². The first-order chi connectivity index (χ1) is 11.2. The monoisotopic (exact) mass is 315 g/mol. The largest absolute Gasteiger partial charge is 0.372 e. The molecule has 2 aromatic heterocycles. The average molecular weight is 315 g/mol. The molecule has 0 bridgehead atoms. The molecule has 0 unspecified atom stereocenters. The highest BCUT2D eigenvalue weighted by molar-refractivity contribution is 5.31.